The van der Waals surface area contributed by atoms with Crippen molar-refractivity contribution in [2.24, 2.45) is 16.6 Å². The standard InChI is InChI=1S/C6H15N5/c1-2-11-3-5(4-11)9-6(7)10-8/h5H,2-4,8H2,1H3,(H3,7,9,10). The Morgan fingerprint density at radius 3 is 2.82 bits per heavy atom. The molecule has 0 unspecified atom stereocenters. The number of likely N-dealkylation sites (N-methyl/N-ethyl adjacent to an activating group) is 1. The molecule has 0 radical (unpaired) electrons. The molecule has 1 saturated heterocycles. The second-order valence-corrected chi connectivity index (χ2v) is 2.66. The molecule has 1 rings (SSSR count). The lowest BCUT2D eigenvalue weighted by Crippen LogP contribution is -2.51. The van der Waals surface area contributed by atoms with E-state index in [2.05, 4.69) is 22.2 Å². The van der Waals surface area contributed by atoms with Gasteiger partial charge in [-0.1, -0.05) is 6.92 Å². The Morgan fingerprint density at radius 2 is 2.36 bits per heavy atom. The molecule has 11 heavy (non-hydrogen) atoms. The zero-order chi connectivity index (χ0) is 8.27. The van der Waals surface area contributed by atoms with Crippen molar-refractivity contribution in [2.45, 2.75) is 13.0 Å². The molecule has 5 N–H and O–H groups in total. The Morgan fingerprint density at radius 1 is 1.73 bits per heavy atom. The number of likely N-dealkylation sites (tertiary alicyclic amines) is 1. The molecule has 0 bridgehead atoms. The molecule has 0 amide bonds. The van der Waals surface area contributed by atoms with Gasteiger partial charge in [-0.05, 0) is 6.54 Å². The van der Waals surface area contributed by atoms with Crippen LogP contribution < -0.4 is 17.0 Å². The number of hydrogen-bond donors (Lipinski definition) is 3. The van der Waals surface area contributed by atoms with E-state index in [9.17, 15) is 0 Å². The minimum absolute atomic E-state index is 0.325. The Balaban J connectivity index is 2.22. The van der Waals surface area contributed by atoms with Crippen LogP contribution in [0.1, 0.15) is 6.92 Å². The van der Waals surface area contributed by atoms with Crippen molar-refractivity contribution in [3.8, 4) is 0 Å². The van der Waals surface area contributed by atoms with Crippen LogP contribution in [0.5, 0.6) is 0 Å². The van der Waals surface area contributed by atoms with Crippen molar-refractivity contribution in [2.75, 3.05) is 19.6 Å². The molecule has 1 aliphatic rings. The van der Waals surface area contributed by atoms with Crippen molar-refractivity contribution in [1.82, 2.24) is 10.3 Å². The topological polar surface area (TPSA) is 79.7 Å². The quantitative estimate of drug-likeness (QED) is 0.197. The van der Waals surface area contributed by atoms with Crippen LogP contribution in [0.3, 0.4) is 0 Å². The molecule has 1 fully saturated rings. The van der Waals surface area contributed by atoms with Crippen LogP contribution in [-0.4, -0.2) is 36.5 Å². The van der Waals surface area contributed by atoms with Gasteiger partial charge in [-0.2, -0.15) is 0 Å². The Kier molecular flexibility index (Phi) is 2.67. The van der Waals surface area contributed by atoms with Gasteiger partial charge >= 0.3 is 0 Å². The third-order valence-electron chi connectivity index (χ3n) is 1.85. The molecule has 0 aromatic rings. The molecule has 0 aliphatic carbocycles. The zero-order valence-electron chi connectivity index (χ0n) is 6.75. The molecular formula is C6H15N5. The Labute approximate surface area is 66.4 Å². The van der Waals surface area contributed by atoms with Gasteiger partial charge in [0.1, 0.15) is 0 Å². The van der Waals surface area contributed by atoms with E-state index in [1.165, 1.54) is 0 Å². The first kappa shape index (κ1) is 8.29. The van der Waals surface area contributed by atoms with E-state index < -0.39 is 0 Å². The molecule has 5 heteroatoms. The van der Waals surface area contributed by atoms with Crippen LogP contribution in [0.2, 0.25) is 0 Å². The maximum atomic E-state index is 5.37. The summed E-state index contributed by atoms with van der Waals surface area (Å²) in [6.07, 6.45) is 0. The zero-order valence-corrected chi connectivity index (χ0v) is 6.75. The van der Waals surface area contributed by atoms with Crippen molar-refractivity contribution in [3.63, 3.8) is 0 Å². The highest BCUT2D eigenvalue weighted by Crippen LogP contribution is 2.09. The van der Waals surface area contributed by atoms with Gasteiger partial charge in [0.25, 0.3) is 0 Å². The Bertz CT molecular complexity index is 149. The summed E-state index contributed by atoms with van der Waals surface area (Å²) in [6, 6.07) is 0.339. The summed E-state index contributed by atoms with van der Waals surface area (Å²) in [7, 11) is 0. The number of aliphatic imine (C=N–C) groups is 1. The number of nitrogens with two attached hydrogens (primary N) is 2. The lowest BCUT2D eigenvalue weighted by atomic mass is 10.1. The van der Waals surface area contributed by atoms with Crippen molar-refractivity contribution in [1.29, 1.82) is 0 Å². The third kappa shape index (κ3) is 2.06. The first-order valence-electron chi connectivity index (χ1n) is 3.78. The Hall–Kier alpha value is -0.810. The molecule has 0 aromatic carbocycles. The molecule has 1 aliphatic heterocycles. The summed E-state index contributed by atoms with van der Waals surface area (Å²) in [5.74, 6) is 5.37. The van der Waals surface area contributed by atoms with Gasteiger partial charge in [0, 0.05) is 13.1 Å². The predicted octanol–water partition coefficient (Wildman–Crippen LogP) is -1.53. The van der Waals surface area contributed by atoms with Crippen LogP contribution in [0, 0.1) is 0 Å². The summed E-state index contributed by atoms with van der Waals surface area (Å²) in [5.41, 5.74) is 7.67. The average molecular weight is 157 g/mol. The summed E-state index contributed by atoms with van der Waals surface area (Å²) in [5, 5.41) is 0. The van der Waals surface area contributed by atoms with Crippen LogP contribution >= 0.6 is 0 Å². The molecule has 5 nitrogen and oxygen atoms in total. The average Bonchev–Trinajstić information content (AvgIpc) is 1.95. The minimum Gasteiger partial charge on any atom is -0.369 e. The van der Waals surface area contributed by atoms with Gasteiger partial charge in [-0.15, -0.1) is 0 Å². The number of nitrogens with zero attached hydrogens (tertiary/aromatic N) is 2. The summed E-state index contributed by atoms with van der Waals surface area (Å²) < 4.78 is 0. The summed E-state index contributed by atoms with van der Waals surface area (Å²) >= 11 is 0. The maximum absolute atomic E-state index is 5.37. The normalized spacial score (nSPS) is 21.5. The molecule has 64 valence electrons. The van der Waals surface area contributed by atoms with Gasteiger partial charge < -0.3 is 5.73 Å². The fraction of sp³-hybridized carbons (Fsp3) is 0.833. The highest BCUT2D eigenvalue weighted by atomic mass is 15.3. The van der Waals surface area contributed by atoms with Gasteiger partial charge in [0.2, 0.25) is 5.96 Å². The second-order valence-electron chi connectivity index (χ2n) is 2.66. The number of hydrogen-bond acceptors (Lipinski definition) is 3. The number of hydrazine groups is 1. The predicted molar refractivity (Wildman–Crippen MR) is 44.8 cm³/mol. The van der Waals surface area contributed by atoms with Gasteiger partial charge in [-0.3, -0.25) is 10.3 Å². The summed E-state index contributed by atoms with van der Waals surface area (Å²) in [6.45, 7) is 5.21. The summed E-state index contributed by atoms with van der Waals surface area (Å²) in [4.78, 5) is 6.41. The SMILES string of the molecule is CCN1CC(N=C(N)NN)C1. The molecule has 0 atom stereocenters. The number of guanidine groups is 1. The fourth-order valence-electron chi connectivity index (χ4n) is 1.12. The van der Waals surface area contributed by atoms with Gasteiger partial charge in [-0.25, -0.2) is 10.8 Å². The third-order valence-corrected chi connectivity index (χ3v) is 1.85. The van der Waals surface area contributed by atoms with Crippen LogP contribution in [0.4, 0.5) is 0 Å². The molecule has 1 heterocycles. The van der Waals surface area contributed by atoms with Crippen molar-refractivity contribution in [3.05, 3.63) is 0 Å². The number of rotatable bonds is 2. The molecule has 0 saturated carbocycles. The van der Waals surface area contributed by atoms with E-state index in [0.717, 1.165) is 19.6 Å². The van der Waals surface area contributed by atoms with Crippen LogP contribution in [0.15, 0.2) is 4.99 Å². The monoisotopic (exact) mass is 157 g/mol. The lowest BCUT2D eigenvalue weighted by Gasteiger charge is -2.35. The van der Waals surface area contributed by atoms with Gasteiger partial charge in [0.15, 0.2) is 0 Å². The van der Waals surface area contributed by atoms with E-state index >= 15 is 0 Å². The highest BCUT2D eigenvalue weighted by molar-refractivity contribution is 5.77. The van der Waals surface area contributed by atoms with E-state index in [-0.39, 0.29) is 0 Å². The molecule has 0 spiro atoms. The largest absolute Gasteiger partial charge is 0.369 e. The van der Waals surface area contributed by atoms with E-state index in [1.807, 2.05) is 0 Å². The lowest BCUT2D eigenvalue weighted by molar-refractivity contribution is 0.161. The fourth-order valence-corrected chi connectivity index (χ4v) is 1.12. The van der Waals surface area contributed by atoms with Crippen LogP contribution in [0.25, 0.3) is 0 Å². The van der Waals surface area contributed by atoms with Crippen molar-refractivity contribution >= 4 is 5.96 Å². The second kappa shape index (κ2) is 3.54. The van der Waals surface area contributed by atoms with E-state index in [0.29, 0.717) is 12.0 Å². The first-order valence-corrected chi connectivity index (χ1v) is 3.78. The number of nitrogens with one attached hydrogen (secondary N) is 1. The smallest absolute Gasteiger partial charge is 0.203 e. The highest BCUT2D eigenvalue weighted by Gasteiger charge is 2.24. The minimum atomic E-state index is 0.325. The first-order chi connectivity index (χ1) is 5.26. The van der Waals surface area contributed by atoms with E-state index in [4.69, 9.17) is 11.6 Å². The maximum Gasteiger partial charge on any atom is 0.203 e. The molecule has 0 aromatic heterocycles. The molecular weight excluding hydrogens is 142 g/mol. The van der Waals surface area contributed by atoms with E-state index in [1.54, 1.807) is 0 Å². The van der Waals surface area contributed by atoms with Crippen LogP contribution in [-0.2, 0) is 0 Å². The van der Waals surface area contributed by atoms with Gasteiger partial charge in [0.05, 0.1) is 6.04 Å². The van der Waals surface area contributed by atoms with Crippen molar-refractivity contribution < 1.29 is 0 Å².